The number of hydrogen-bond acceptors (Lipinski definition) is 3. The summed E-state index contributed by atoms with van der Waals surface area (Å²) >= 11 is 0. The number of aromatic nitrogens is 2. The number of nitrogen functional groups attached to an aromatic ring is 1. The van der Waals surface area contributed by atoms with Crippen LogP contribution in [0.5, 0.6) is 0 Å². The van der Waals surface area contributed by atoms with E-state index < -0.39 is 0 Å². The van der Waals surface area contributed by atoms with Crippen LogP contribution < -0.4 is 11.2 Å². The SMILES string of the molecule is Cc1ccc(-n2nc(C(=N)N)c(=O)cc2C)c(C)c1. The molecule has 1 heterocycles. The molecule has 0 amide bonds. The van der Waals surface area contributed by atoms with Gasteiger partial charge in [-0.25, -0.2) is 4.68 Å². The van der Waals surface area contributed by atoms with Gasteiger partial charge in [-0.2, -0.15) is 5.10 Å². The fraction of sp³-hybridized carbons (Fsp3) is 0.214. The minimum Gasteiger partial charge on any atom is -0.382 e. The van der Waals surface area contributed by atoms with Gasteiger partial charge < -0.3 is 5.73 Å². The predicted octanol–water partition coefficient (Wildman–Crippen LogP) is 1.44. The van der Waals surface area contributed by atoms with Gasteiger partial charge in [0.2, 0.25) is 5.43 Å². The van der Waals surface area contributed by atoms with Crippen LogP contribution in [0.4, 0.5) is 0 Å². The Morgan fingerprint density at radius 2 is 1.95 bits per heavy atom. The molecule has 5 heteroatoms. The molecule has 5 nitrogen and oxygen atoms in total. The molecular formula is C14H16N4O. The van der Waals surface area contributed by atoms with Crippen molar-refractivity contribution in [2.75, 3.05) is 0 Å². The molecule has 0 bridgehead atoms. The van der Waals surface area contributed by atoms with Gasteiger partial charge in [0.15, 0.2) is 5.69 Å². The fourth-order valence-electron chi connectivity index (χ4n) is 2.02. The van der Waals surface area contributed by atoms with Crippen LogP contribution in [0.15, 0.2) is 29.1 Å². The van der Waals surface area contributed by atoms with E-state index in [1.807, 2.05) is 32.0 Å². The summed E-state index contributed by atoms with van der Waals surface area (Å²) in [7, 11) is 0. The van der Waals surface area contributed by atoms with Crippen molar-refractivity contribution >= 4 is 5.84 Å². The third-order valence-corrected chi connectivity index (χ3v) is 2.94. The number of hydrogen-bond donors (Lipinski definition) is 2. The summed E-state index contributed by atoms with van der Waals surface area (Å²) in [5.74, 6) is -0.316. The van der Waals surface area contributed by atoms with Crippen LogP contribution in [0.25, 0.3) is 5.69 Å². The largest absolute Gasteiger partial charge is 0.382 e. The lowest BCUT2D eigenvalue weighted by Gasteiger charge is -2.13. The monoisotopic (exact) mass is 256 g/mol. The third kappa shape index (κ3) is 2.40. The second-order valence-electron chi connectivity index (χ2n) is 4.61. The Hall–Kier alpha value is -2.43. The number of nitrogens with zero attached hydrogens (tertiary/aromatic N) is 2. The first-order valence-corrected chi connectivity index (χ1v) is 5.93. The van der Waals surface area contributed by atoms with Crippen molar-refractivity contribution in [3.63, 3.8) is 0 Å². The molecule has 0 saturated heterocycles. The number of nitrogens with two attached hydrogens (primary N) is 1. The van der Waals surface area contributed by atoms with Crippen molar-refractivity contribution in [1.29, 1.82) is 5.41 Å². The molecule has 0 radical (unpaired) electrons. The molecule has 2 rings (SSSR count). The van der Waals surface area contributed by atoms with E-state index in [9.17, 15) is 4.79 Å². The lowest BCUT2D eigenvalue weighted by molar-refractivity contribution is 0.786. The Morgan fingerprint density at radius 1 is 1.26 bits per heavy atom. The Balaban J connectivity index is 2.71. The lowest BCUT2D eigenvalue weighted by Crippen LogP contribution is -2.27. The van der Waals surface area contributed by atoms with E-state index in [0.717, 1.165) is 16.8 Å². The summed E-state index contributed by atoms with van der Waals surface area (Å²) in [5, 5.41) is 11.6. The average Bonchev–Trinajstić information content (AvgIpc) is 2.30. The van der Waals surface area contributed by atoms with E-state index in [-0.39, 0.29) is 17.0 Å². The molecule has 1 aromatic heterocycles. The number of aryl methyl sites for hydroxylation is 3. The first-order valence-electron chi connectivity index (χ1n) is 5.93. The van der Waals surface area contributed by atoms with Gasteiger partial charge in [0.25, 0.3) is 0 Å². The molecule has 0 aliphatic carbocycles. The molecule has 0 aliphatic heterocycles. The van der Waals surface area contributed by atoms with Gasteiger partial charge in [0.1, 0.15) is 5.84 Å². The summed E-state index contributed by atoms with van der Waals surface area (Å²) in [5.41, 5.74) is 8.83. The number of amidine groups is 1. The highest BCUT2D eigenvalue weighted by molar-refractivity contribution is 5.92. The van der Waals surface area contributed by atoms with Crippen molar-refractivity contribution in [3.05, 3.63) is 57.0 Å². The second kappa shape index (κ2) is 4.68. The smallest absolute Gasteiger partial charge is 0.211 e. The Morgan fingerprint density at radius 3 is 2.53 bits per heavy atom. The van der Waals surface area contributed by atoms with E-state index in [0.29, 0.717) is 5.69 Å². The van der Waals surface area contributed by atoms with Crippen LogP contribution in [0.1, 0.15) is 22.5 Å². The molecule has 98 valence electrons. The minimum atomic E-state index is -0.328. The molecule has 0 unspecified atom stereocenters. The zero-order chi connectivity index (χ0) is 14.2. The minimum absolute atomic E-state index is 0.0226. The fourth-order valence-corrected chi connectivity index (χ4v) is 2.02. The molecule has 2 aromatic rings. The van der Waals surface area contributed by atoms with E-state index >= 15 is 0 Å². The number of nitrogens with one attached hydrogen (secondary N) is 1. The van der Waals surface area contributed by atoms with Crippen molar-refractivity contribution < 1.29 is 0 Å². The van der Waals surface area contributed by atoms with Crippen LogP contribution in [-0.4, -0.2) is 15.6 Å². The van der Waals surface area contributed by atoms with Gasteiger partial charge in [0, 0.05) is 11.8 Å². The summed E-state index contributed by atoms with van der Waals surface area (Å²) in [6.07, 6.45) is 0. The molecular weight excluding hydrogens is 240 g/mol. The molecule has 0 aliphatic rings. The molecule has 0 fully saturated rings. The normalized spacial score (nSPS) is 10.5. The van der Waals surface area contributed by atoms with Crippen LogP contribution in [0.3, 0.4) is 0 Å². The maximum atomic E-state index is 11.7. The van der Waals surface area contributed by atoms with E-state index in [1.165, 1.54) is 6.07 Å². The molecule has 1 aromatic carbocycles. The molecule has 19 heavy (non-hydrogen) atoms. The van der Waals surface area contributed by atoms with Gasteiger partial charge in [-0.3, -0.25) is 10.2 Å². The topological polar surface area (TPSA) is 84.8 Å². The summed E-state index contributed by atoms with van der Waals surface area (Å²) < 4.78 is 1.65. The first-order chi connectivity index (χ1) is 8.90. The van der Waals surface area contributed by atoms with Gasteiger partial charge in [-0.05, 0) is 32.4 Å². The van der Waals surface area contributed by atoms with Crippen molar-refractivity contribution in [2.45, 2.75) is 20.8 Å². The number of benzene rings is 1. The molecule has 0 spiro atoms. The van der Waals surface area contributed by atoms with Gasteiger partial charge >= 0.3 is 0 Å². The average molecular weight is 256 g/mol. The summed E-state index contributed by atoms with van der Waals surface area (Å²) in [4.78, 5) is 11.7. The first kappa shape index (κ1) is 13.0. The Bertz CT molecular complexity index is 716. The van der Waals surface area contributed by atoms with E-state index in [2.05, 4.69) is 5.10 Å². The zero-order valence-electron chi connectivity index (χ0n) is 11.2. The second-order valence-corrected chi connectivity index (χ2v) is 4.61. The highest BCUT2D eigenvalue weighted by Gasteiger charge is 2.11. The van der Waals surface area contributed by atoms with Crippen molar-refractivity contribution in [2.24, 2.45) is 5.73 Å². The predicted molar refractivity (Wildman–Crippen MR) is 75.1 cm³/mol. The zero-order valence-corrected chi connectivity index (χ0v) is 11.2. The highest BCUT2D eigenvalue weighted by atomic mass is 16.1. The molecule has 0 atom stereocenters. The van der Waals surface area contributed by atoms with Gasteiger partial charge in [0.05, 0.1) is 5.69 Å². The van der Waals surface area contributed by atoms with E-state index in [1.54, 1.807) is 11.6 Å². The van der Waals surface area contributed by atoms with Crippen LogP contribution >= 0.6 is 0 Å². The van der Waals surface area contributed by atoms with Gasteiger partial charge in [-0.1, -0.05) is 17.7 Å². The highest BCUT2D eigenvalue weighted by Crippen LogP contribution is 2.15. The summed E-state index contributed by atoms with van der Waals surface area (Å²) in [6, 6.07) is 7.42. The van der Waals surface area contributed by atoms with Crippen molar-refractivity contribution in [3.8, 4) is 5.69 Å². The standard InChI is InChI=1S/C14H16N4O/c1-8-4-5-11(9(2)6-8)18-10(3)7-12(19)13(17-18)14(15)16/h4-7H,1-3H3,(H3,15,16). The third-order valence-electron chi connectivity index (χ3n) is 2.94. The Labute approximate surface area is 111 Å². The molecule has 3 N–H and O–H groups in total. The van der Waals surface area contributed by atoms with E-state index in [4.69, 9.17) is 11.1 Å². The van der Waals surface area contributed by atoms with Crippen LogP contribution in [0.2, 0.25) is 0 Å². The summed E-state index contributed by atoms with van der Waals surface area (Å²) in [6.45, 7) is 5.80. The Kier molecular flexibility index (Phi) is 3.21. The quantitative estimate of drug-likeness (QED) is 0.630. The lowest BCUT2D eigenvalue weighted by atomic mass is 10.1. The molecule has 0 saturated carbocycles. The number of rotatable bonds is 2. The van der Waals surface area contributed by atoms with Crippen molar-refractivity contribution in [1.82, 2.24) is 9.78 Å². The van der Waals surface area contributed by atoms with Gasteiger partial charge in [-0.15, -0.1) is 0 Å². The maximum Gasteiger partial charge on any atom is 0.211 e. The van der Waals surface area contributed by atoms with Crippen LogP contribution in [-0.2, 0) is 0 Å². The van der Waals surface area contributed by atoms with Crippen LogP contribution in [0, 0.1) is 26.2 Å². The maximum absolute atomic E-state index is 11.7.